The fraction of sp³-hybridized carbons (Fsp3) is 0.0769. The first-order chi connectivity index (χ1) is 9.04. The van der Waals surface area contributed by atoms with Crippen molar-refractivity contribution in [2.24, 2.45) is 0 Å². The van der Waals surface area contributed by atoms with E-state index in [-0.39, 0.29) is 12.1 Å². The molecular weight excluding hydrogens is 257 g/mol. The molecule has 0 saturated heterocycles. The fourth-order valence-corrected chi connectivity index (χ4v) is 1.53. The van der Waals surface area contributed by atoms with Crippen LogP contribution in [-0.2, 0) is 11.2 Å². The molecule has 0 radical (unpaired) electrons. The number of pyridine rings is 1. The van der Waals surface area contributed by atoms with E-state index in [2.05, 4.69) is 10.3 Å². The van der Waals surface area contributed by atoms with Crippen LogP contribution in [0.25, 0.3) is 0 Å². The van der Waals surface area contributed by atoms with E-state index in [1.807, 2.05) is 0 Å². The van der Waals surface area contributed by atoms with Gasteiger partial charge in [-0.25, -0.2) is 4.39 Å². The van der Waals surface area contributed by atoms with E-state index >= 15 is 0 Å². The van der Waals surface area contributed by atoms with Crippen LogP contribution in [0.2, 0.25) is 0 Å². The van der Waals surface area contributed by atoms with Crippen molar-refractivity contribution in [3.8, 4) is 0 Å². The molecule has 0 aliphatic heterocycles. The van der Waals surface area contributed by atoms with Crippen LogP contribution in [0.4, 0.5) is 18.9 Å². The lowest BCUT2D eigenvalue weighted by atomic mass is 10.1. The first-order valence-corrected chi connectivity index (χ1v) is 5.41. The maximum absolute atomic E-state index is 13.2. The van der Waals surface area contributed by atoms with Gasteiger partial charge in [0, 0.05) is 0 Å². The third-order valence-corrected chi connectivity index (χ3v) is 2.34. The van der Waals surface area contributed by atoms with E-state index in [4.69, 9.17) is 0 Å². The fourth-order valence-electron chi connectivity index (χ4n) is 1.53. The molecule has 1 N–H and O–H groups in total. The van der Waals surface area contributed by atoms with Crippen molar-refractivity contribution in [1.29, 1.82) is 0 Å². The molecular formula is C13H9F3N2O. The minimum absolute atomic E-state index is 0.116. The van der Waals surface area contributed by atoms with Crippen LogP contribution in [0.15, 0.2) is 36.4 Å². The van der Waals surface area contributed by atoms with E-state index in [1.54, 1.807) is 6.07 Å². The minimum Gasteiger partial charge on any atom is -0.322 e. The summed E-state index contributed by atoms with van der Waals surface area (Å²) in [4.78, 5) is 14.5. The second kappa shape index (κ2) is 5.51. The monoisotopic (exact) mass is 266 g/mol. The zero-order chi connectivity index (χ0) is 13.8. The van der Waals surface area contributed by atoms with Crippen LogP contribution in [-0.4, -0.2) is 10.9 Å². The van der Waals surface area contributed by atoms with Crippen LogP contribution < -0.4 is 5.32 Å². The minimum atomic E-state index is -1.10. The molecule has 0 aliphatic carbocycles. The van der Waals surface area contributed by atoms with E-state index in [9.17, 15) is 18.0 Å². The zero-order valence-electron chi connectivity index (χ0n) is 9.66. The molecule has 19 heavy (non-hydrogen) atoms. The van der Waals surface area contributed by atoms with Crippen molar-refractivity contribution in [1.82, 2.24) is 4.98 Å². The van der Waals surface area contributed by atoms with Gasteiger partial charge in [-0.2, -0.15) is 13.8 Å². The highest BCUT2D eigenvalue weighted by Crippen LogP contribution is 2.12. The summed E-state index contributed by atoms with van der Waals surface area (Å²) in [6, 6.07) is 7.51. The van der Waals surface area contributed by atoms with Gasteiger partial charge in [-0.1, -0.05) is 12.1 Å². The van der Waals surface area contributed by atoms with Crippen molar-refractivity contribution in [2.45, 2.75) is 6.42 Å². The highest BCUT2D eigenvalue weighted by Gasteiger charge is 2.10. The number of nitrogens with one attached hydrogen (secondary N) is 1. The molecule has 3 nitrogen and oxygen atoms in total. The molecule has 1 amide bonds. The van der Waals surface area contributed by atoms with Gasteiger partial charge in [0.25, 0.3) is 0 Å². The summed E-state index contributed by atoms with van der Waals surface area (Å²) in [5, 5.41) is 2.24. The Morgan fingerprint density at radius 1 is 1.16 bits per heavy atom. The number of hydrogen-bond donors (Lipinski definition) is 1. The van der Waals surface area contributed by atoms with Gasteiger partial charge in [0.1, 0.15) is 5.82 Å². The van der Waals surface area contributed by atoms with Gasteiger partial charge in [0.05, 0.1) is 12.1 Å². The maximum atomic E-state index is 13.2. The summed E-state index contributed by atoms with van der Waals surface area (Å²) in [6.07, 6.45) is -0.116. The van der Waals surface area contributed by atoms with E-state index < -0.39 is 23.6 Å². The summed E-state index contributed by atoms with van der Waals surface area (Å²) in [7, 11) is 0. The summed E-state index contributed by atoms with van der Waals surface area (Å²) in [6.45, 7) is 0. The number of carbonyl (C=O) groups excluding carboxylic acids is 1. The van der Waals surface area contributed by atoms with E-state index in [1.165, 1.54) is 18.2 Å². The lowest BCUT2D eigenvalue weighted by Crippen LogP contribution is -2.16. The summed E-state index contributed by atoms with van der Waals surface area (Å²) in [5.41, 5.74) is 0.232. The first kappa shape index (κ1) is 13.1. The zero-order valence-corrected chi connectivity index (χ0v) is 9.66. The summed E-state index contributed by atoms with van der Waals surface area (Å²) in [5.74, 6) is -3.08. The number of anilines is 1. The third-order valence-electron chi connectivity index (χ3n) is 2.34. The molecule has 0 aliphatic rings. The molecule has 0 spiro atoms. The molecule has 1 aromatic carbocycles. The Labute approximate surface area is 107 Å². The molecule has 1 aromatic heterocycles. The number of nitrogens with zero attached hydrogens (tertiary/aromatic N) is 1. The van der Waals surface area contributed by atoms with Gasteiger partial charge in [-0.3, -0.25) is 4.79 Å². The average molecular weight is 266 g/mol. The first-order valence-electron chi connectivity index (χ1n) is 5.41. The predicted octanol–water partition coefficient (Wildman–Crippen LogP) is 2.68. The summed E-state index contributed by atoms with van der Waals surface area (Å²) >= 11 is 0. The molecule has 0 bridgehead atoms. The Hall–Kier alpha value is -2.37. The van der Waals surface area contributed by atoms with Crippen LogP contribution in [0.3, 0.4) is 0 Å². The van der Waals surface area contributed by atoms with Gasteiger partial charge in [0.2, 0.25) is 17.8 Å². The number of halogens is 3. The van der Waals surface area contributed by atoms with Crippen molar-refractivity contribution >= 4 is 11.6 Å². The van der Waals surface area contributed by atoms with Gasteiger partial charge in [-0.05, 0) is 29.8 Å². The lowest BCUT2D eigenvalue weighted by molar-refractivity contribution is -0.115. The van der Waals surface area contributed by atoms with Crippen molar-refractivity contribution in [3.63, 3.8) is 0 Å². The Bertz CT molecular complexity index is 617. The van der Waals surface area contributed by atoms with Crippen molar-refractivity contribution in [3.05, 3.63) is 59.7 Å². The quantitative estimate of drug-likeness (QED) is 0.868. The van der Waals surface area contributed by atoms with Crippen LogP contribution in [0.1, 0.15) is 5.56 Å². The molecule has 0 saturated carbocycles. The smallest absolute Gasteiger partial charge is 0.239 e. The lowest BCUT2D eigenvalue weighted by Gasteiger charge is -2.06. The van der Waals surface area contributed by atoms with Gasteiger partial charge in [-0.15, -0.1) is 0 Å². The van der Waals surface area contributed by atoms with E-state index in [0.29, 0.717) is 5.56 Å². The SMILES string of the molecule is O=C(Cc1cccc(F)c1)Nc1ccc(F)nc1F. The molecule has 6 heteroatoms. The molecule has 0 unspecified atom stereocenters. The van der Waals surface area contributed by atoms with Gasteiger partial charge in [0.15, 0.2) is 0 Å². The molecule has 2 rings (SSSR count). The molecule has 1 heterocycles. The topological polar surface area (TPSA) is 42.0 Å². The molecule has 0 atom stereocenters. The normalized spacial score (nSPS) is 10.3. The third kappa shape index (κ3) is 3.54. The Morgan fingerprint density at radius 2 is 1.95 bits per heavy atom. The van der Waals surface area contributed by atoms with Crippen LogP contribution in [0, 0.1) is 17.7 Å². The maximum Gasteiger partial charge on any atom is 0.239 e. The molecule has 2 aromatic rings. The van der Waals surface area contributed by atoms with Gasteiger partial charge >= 0.3 is 0 Å². The number of carbonyl (C=O) groups is 1. The number of benzene rings is 1. The number of rotatable bonds is 3. The van der Waals surface area contributed by atoms with Crippen LogP contribution in [0.5, 0.6) is 0 Å². The second-order valence-corrected chi connectivity index (χ2v) is 3.83. The predicted molar refractivity (Wildman–Crippen MR) is 62.9 cm³/mol. The largest absolute Gasteiger partial charge is 0.322 e. The summed E-state index contributed by atoms with van der Waals surface area (Å²) < 4.78 is 38.7. The average Bonchev–Trinajstić information content (AvgIpc) is 2.33. The molecule has 0 fully saturated rings. The number of hydrogen-bond acceptors (Lipinski definition) is 2. The van der Waals surface area contributed by atoms with Crippen molar-refractivity contribution in [2.75, 3.05) is 5.32 Å². The Kier molecular flexibility index (Phi) is 3.79. The second-order valence-electron chi connectivity index (χ2n) is 3.83. The highest BCUT2D eigenvalue weighted by molar-refractivity contribution is 5.92. The van der Waals surface area contributed by atoms with Crippen molar-refractivity contribution < 1.29 is 18.0 Å². The standard InChI is InChI=1S/C13H9F3N2O/c14-9-3-1-2-8(6-9)7-12(19)17-10-4-5-11(15)18-13(10)16/h1-6H,7H2,(H,17,19). The number of aromatic nitrogens is 1. The number of amides is 1. The Balaban J connectivity index is 2.05. The van der Waals surface area contributed by atoms with E-state index in [0.717, 1.165) is 12.1 Å². The van der Waals surface area contributed by atoms with Gasteiger partial charge < -0.3 is 5.32 Å². The Morgan fingerprint density at radius 3 is 2.63 bits per heavy atom. The highest BCUT2D eigenvalue weighted by atomic mass is 19.1. The van der Waals surface area contributed by atoms with Crippen LogP contribution >= 0.6 is 0 Å². The molecule has 98 valence electrons.